The number of ether oxygens (including phenoxy) is 2. The fourth-order valence-corrected chi connectivity index (χ4v) is 3.61. The van der Waals surface area contributed by atoms with Gasteiger partial charge in [-0.1, -0.05) is 25.5 Å². The van der Waals surface area contributed by atoms with Gasteiger partial charge in [0.05, 0.1) is 30.3 Å². The number of methoxy groups -OCH3 is 1. The highest BCUT2D eigenvalue weighted by atomic mass is 32.2. The molecule has 0 radical (unpaired) electrons. The van der Waals surface area contributed by atoms with Crippen LogP contribution in [0.4, 0.5) is 0 Å². The first-order valence-corrected chi connectivity index (χ1v) is 8.77. The van der Waals surface area contributed by atoms with Crippen molar-refractivity contribution in [3.8, 4) is 0 Å². The molecule has 6 heteroatoms. The average Bonchev–Trinajstić information content (AvgIpc) is 2.92. The molecule has 1 saturated heterocycles. The normalized spacial score (nSPS) is 22.6. The Hall–Kier alpha value is -0.950. The van der Waals surface area contributed by atoms with Gasteiger partial charge in [0.2, 0.25) is 10.0 Å². The Balaban J connectivity index is 2.05. The van der Waals surface area contributed by atoms with Gasteiger partial charge in [-0.15, -0.1) is 0 Å². The van der Waals surface area contributed by atoms with Gasteiger partial charge in [-0.25, -0.2) is 13.1 Å². The Labute approximate surface area is 126 Å². The van der Waals surface area contributed by atoms with Crippen molar-refractivity contribution in [3.05, 3.63) is 29.8 Å². The third-order valence-electron chi connectivity index (χ3n) is 3.69. The summed E-state index contributed by atoms with van der Waals surface area (Å²) in [7, 11) is -1.98. The van der Waals surface area contributed by atoms with E-state index in [0.29, 0.717) is 13.2 Å². The smallest absolute Gasteiger partial charge is 0.240 e. The largest absolute Gasteiger partial charge is 0.377 e. The van der Waals surface area contributed by atoms with Crippen LogP contribution in [-0.2, 0) is 25.9 Å². The minimum atomic E-state index is -3.53. The van der Waals surface area contributed by atoms with E-state index in [1.807, 2.05) is 12.1 Å². The molecular formula is C15H23NO4S. The number of nitrogens with one attached hydrogen (secondary N) is 1. The molecule has 2 rings (SSSR count). The molecule has 5 nitrogen and oxygen atoms in total. The van der Waals surface area contributed by atoms with Crippen molar-refractivity contribution in [2.45, 2.75) is 43.2 Å². The highest BCUT2D eigenvalue weighted by Crippen LogP contribution is 2.16. The van der Waals surface area contributed by atoms with Crippen molar-refractivity contribution in [1.29, 1.82) is 0 Å². The summed E-state index contributed by atoms with van der Waals surface area (Å²) < 4.78 is 37.8. The zero-order chi connectivity index (χ0) is 15.3. The lowest BCUT2D eigenvalue weighted by Gasteiger charge is -2.17. The van der Waals surface area contributed by atoms with E-state index >= 15 is 0 Å². The van der Waals surface area contributed by atoms with Gasteiger partial charge in [0.1, 0.15) is 0 Å². The van der Waals surface area contributed by atoms with Gasteiger partial charge >= 0.3 is 0 Å². The van der Waals surface area contributed by atoms with Gasteiger partial charge in [-0.2, -0.15) is 0 Å². The van der Waals surface area contributed by atoms with E-state index in [1.54, 1.807) is 19.2 Å². The number of hydrogen-bond donors (Lipinski definition) is 1. The van der Waals surface area contributed by atoms with Crippen molar-refractivity contribution in [3.63, 3.8) is 0 Å². The second kappa shape index (κ2) is 7.35. The first-order chi connectivity index (χ1) is 10.1. The topological polar surface area (TPSA) is 64.6 Å². The lowest BCUT2D eigenvalue weighted by molar-refractivity contribution is 0.0761. The van der Waals surface area contributed by atoms with Crippen molar-refractivity contribution in [2.75, 3.05) is 20.3 Å². The van der Waals surface area contributed by atoms with Crippen LogP contribution < -0.4 is 4.72 Å². The van der Waals surface area contributed by atoms with E-state index in [1.165, 1.54) is 0 Å². The van der Waals surface area contributed by atoms with Crippen molar-refractivity contribution in [1.82, 2.24) is 4.72 Å². The maximum Gasteiger partial charge on any atom is 0.240 e. The predicted octanol–water partition coefficient (Wildman–Crippen LogP) is 1.72. The lowest BCUT2D eigenvalue weighted by atomic mass is 10.1. The second-order valence-corrected chi connectivity index (χ2v) is 7.00. The SMILES string of the molecule is CCCCc1ccc(S(=O)(=O)N[C@H]2COC[C@@H]2OC)cc1. The number of benzene rings is 1. The molecule has 0 aliphatic carbocycles. The molecule has 0 aromatic heterocycles. The van der Waals surface area contributed by atoms with Crippen molar-refractivity contribution < 1.29 is 17.9 Å². The van der Waals surface area contributed by atoms with Crippen LogP contribution in [-0.4, -0.2) is 40.9 Å². The zero-order valence-electron chi connectivity index (χ0n) is 12.5. The molecule has 0 amide bonds. The Bertz CT molecular complexity index is 541. The second-order valence-electron chi connectivity index (χ2n) is 5.29. The summed E-state index contributed by atoms with van der Waals surface area (Å²) in [5, 5.41) is 0. The molecule has 1 aliphatic rings. The minimum absolute atomic E-state index is 0.233. The van der Waals surface area contributed by atoms with E-state index in [-0.39, 0.29) is 17.0 Å². The molecule has 2 atom stereocenters. The van der Waals surface area contributed by atoms with E-state index in [4.69, 9.17) is 9.47 Å². The number of hydrogen-bond acceptors (Lipinski definition) is 4. The molecular weight excluding hydrogens is 290 g/mol. The molecule has 0 unspecified atom stereocenters. The summed E-state index contributed by atoms with van der Waals surface area (Å²) >= 11 is 0. The Morgan fingerprint density at radius 1 is 1.29 bits per heavy atom. The van der Waals surface area contributed by atoms with Crippen LogP contribution in [0.5, 0.6) is 0 Å². The summed E-state index contributed by atoms with van der Waals surface area (Å²) in [5.41, 5.74) is 1.16. The van der Waals surface area contributed by atoms with Gasteiger partial charge < -0.3 is 9.47 Å². The zero-order valence-corrected chi connectivity index (χ0v) is 13.4. The number of unbranched alkanes of at least 4 members (excludes halogenated alkanes) is 1. The molecule has 0 spiro atoms. The fraction of sp³-hybridized carbons (Fsp3) is 0.600. The lowest BCUT2D eigenvalue weighted by Crippen LogP contribution is -2.43. The van der Waals surface area contributed by atoms with Gasteiger partial charge in [-0.3, -0.25) is 0 Å². The standard InChI is InChI=1S/C15H23NO4S/c1-3-4-5-12-6-8-13(9-7-12)21(17,18)16-14-10-20-11-15(14)19-2/h6-9,14-16H,3-5,10-11H2,1-2H3/t14-,15-/m0/s1. The molecule has 1 aromatic carbocycles. The average molecular weight is 313 g/mol. The molecule has 1 aromatic rings. The first-order valence-electron chi connectivity index (χ1n) is 7.28. The van der Waals surface area contributed by atoms with E-state index in [0.717, 1.165) is 24.8 Å². The Morgan fingerprint density at radius 3 is 2.62 bits per heavy atom. The minimum Gasteiger partial charge on any atom is -0.377 e. The van der Waals surface area contributed by atoms with E-state index in [2.05, 4.69) is 11.6 Å². The molecule has 21 heavy (non-hydrogen) atoms. The van der Waals surface area contributed by atoms with Gasteiger partial charge in [-0.05, 0) is 30.5 Å². The molecule has 1 fully saturated rings. The van der Waals surface area contributed by atoms with Gasteiger partial charge in [0.25, 0.3) is 0 Å². The summed E-state index contributed by atoms with van der Waals surface area (Å²) in [4.78, 5) is 0.282. The predicted molar refractivity (Wildman–Crippen MR) is 80.8 cm³/mol. The van der Waals surface area contributed by atoms with E-state index in [9.17, 15) is 8.42 Å². The van der Waals surface area contributed by atoms with Crippen LogP contribution in [0, 0.1) is 0 Å². The maximum absolute atomic E-state index is 12.4. The summed E-state index contributed by atoms with van der Waals surface area (Å²) in [5.74, 6) is 0. The summed E-state index contributed by atoms with van der Waals surface area (Å²) in [6, 6.07) is 6.74. The number of rotatable bonds is 7. The maximum atomic E-state index is 12.4. The summed E-state index contributed by atoms with van der Waals surface area (Å²) in [6.45, 7) is 2.89. The number of aryl methyl sites for hydroxylation is 1. The molecule has 0 saturated carbocycles. The third-order valence-corrected chi connectivity index (χ3v) is 5.20. The number of sulfonamides is 1. The van der Waals surface area contributed by atoms with Crippen LogP contribution in [0.2, 0.25) is 0 Å². The monoisotopic (exact) mass is 313 g/mol. The van der Waals surface area contributed by atoms with E-state index < -0.39 is 10.0 Å². The molecule has 1 heterocycles. The van der Waals surface area contributed by atoms with Crippen molar-refractivity contribution >= 4 is 10.0 Å². The van der Waals surface area contributed by atoms with Crippen LogP contribution in [0.25, 0.3) is 0 Å². The molecule has 118 valence electrons. The van der Waals surface area contributed by atoms with Crippen LogP contribution in [0.1, 0.15) is 25.3 Å². The van der Waals surface area contributed by atoms with Crippen molar-refractivity contribution in [2.24, 2.45) is 0 Å². The summed E-state index contributed by atoms with van der Waals surface area (Å²) in [6.07, 6.45) is 2.98. The third kappa shape index (κ3) is 4.26. The highest BCUT2D eigenvalue weighted by Gasteiger charge is 2.32. The molecule has 0 bridgehead atoms. The highest BCUT2D eigenvalue weighted by molar-refractivity contribution is 7.89. The van der Waals surface area contributed by atoms with Crippen LogP contribution >= 0.6 is 0 Å². The van der Waals surface area contributed by atoms with Gasteiger partial charge in [0.15, 0.2) is 0 Å². The Kier molecular flexibility index (Phi) is 5.75. The quantitative estimate of drug-likeness (QED) is 0.832. The molecule has 1 N–H and O–H groups in total. The van der Waals surface area contributed by atoms with Crippen LogP contribution in [0.15, 0.2) is 29.2 Å². The fourth-order valence-electron chi connectivity index (χ4n) is 2.36. The van der Waals surface area contributed by atoms with Gasteiger partial charge in [0, 0.05) is 7.11 Å². The molecule has 1 aliphatic heterocycles. The first kappa shape index (κ1) is 16.4. The van der Waals surface area contributed by atoms with Crippen LogP contribution in [0.3, 0.4) is 0 Å². The Morgan fingerprint density at radius 2 is 2.00 bits per heavy atom.